The number of nitrogens with one attached hydrogen (secondary N) is 1. The largest absolute Gasteiger partial charge is 0.475 e. The van der Waals surface area contributed by atoms with Gasteiger partial charge in [-0.25, -0.2) is 4.79 Å². The third-order valence-electron chi connectivity index (χ3n) is 3.17. The molecule has 1 aromatic carbocycles. The fourth-order valence-corrected chi connectivity index (χ4v) is 3.66. The van der Waals surface area contributed by atoms with Gasteiger partial charge in [0.05, 0.1) is 0 Å². The summed E-state index contributed by atoms with van der Waals surface area (Å²) in [5.41, 5.74) is 1.29. The first-order chi connectivity index (χ1) is 10.2. The third-order valence-corrected chi connectivity index (χ3v) is 5.10. The highest BCUT2D eigenvalue weighted by Gasteiger charge is 2.19. The predicted octanol–water partition coefficient (Wildman–Crippen LogP) is 4.24. The smallest absolute Gasteiger partial charge is 0.372 e. The first-order valence-corrected chi connectivity index (χ1v) is 8.00. The van der Waals surface area contributed by atoms with E-state index in [1.807, 2.05) is 29.6 Å². The highest BCUT2D eigenvalue weighted by Crippen LogP contribution is 2.26. The van der Waals surface area contributed by atoms with E-state index in [4.69, 9.17) is 4.42 Å². The summed E-state index contributed by atoms with van der Waals surface area (Å²) >= 11 is 5.13. The van der Waals surface area contributed by atoms with Gasteiger partial charge >= 0.3 is 5.97 Å². The molecule has 0 atom stereocenters. The molecule has 0 amide bonds. The van der Waals surface area contributed by atoms with Crippen molar-refractivity contribution >= 4 is 44.2 Å². The average Bonchev–Trinajstić information content (AvgIpc) is 3.04. The zero-order valence-electron chi connectivity index (χ0n) is 10.9. The summed E-state index contributed by atoms with van der Waals surface area (Å²) < 4.78 is 6.49. The average molecular weight is 366 g/mol. The molecular weight excluding hydrogens is 354 g/mol. The molecule has 0 saturated carbocycles. The summed E-state index contributed by atoms with van der Waals surface area (Å²) in [6, 6.07) is 9.36. The van der Waals surface area contributed by atoms with Gasteiger partial charge in [0, 0.05) is 33.4 Å². The minimum atomic E-state index is -1.04. The summed E-state index contributed by atoms with van der Waals surface area (Å²) in [7, 11) is 0. The lowest BCUT2D eigenvalue weighted by Crippen LogP contribution is -2.14. The quantitative estimate of drug-likeness (QED) is 0.709. The van der Waals surface area contributed by atoms with Crippen molar-refractivity contribution in [1.82, 2.24) is 5.32 Å². The van der Waals surface area contributed by atoms with Gasteiger partial charge in [-0.2, -0.15) is 0 Å². The number of para-hydroxylation sites is 1. The number of carboxylic acid groups (broad SMARTS) is 1. The number of benzene rings is 1. The molecule has 0 radical (unpaired) electrons. The first-order valence-electron chi connectivity index (χ1n) is 6.33. The van der Waals surface area contributed by atoms with Crippen LogP contribution >= 0.6 is 27.3 Å². The monoisotopic (exact) mass is 365 g/mol. The second kappa shape index (κ2) is 6.01. The topological polar surface area (TPSA) is 62.5 Å². The Hall–Kier alpha value is -1.63. The summed E-state index contributed by atoms with van der Waals surface area (Å²) in [4.78, 5) is 12.5. The molecule has 0 saturated heterocycles. The van der Waals surface area contributed by atoms with Crippen LogP contribution in [0.25, 0.3) is 11.0 Å². The molecule has 3 rings (SSSR count). The molecule has 0 bridgehead atoms. The maximum Gasteiger partial charge on any atom is 0.372 e. The van der Waals surface area contributed by atoms with Gasteiger partial charge in [0.15, 0.2) is 0 Å². The molecule has 21 heavy (non-hydrogen) atoms. The van der Waals surface area contributed by atoms with Crippen LogP contribution in [0, 0.1) is 0 Å². The molecule has 108 valence electrons. The van der Waals surface area contributed by atoms with Crippen molar-refractivity contribution in [1.29, 1.82) is 0 Å². The number of hydrogen-bond acceptors (Lipinski definition) is 4. The van der Waals surface area contributed by atoms with Gasteiger partial charge in [-0.05, 0) is 33.4 Å². The molecule has 2 heterocycles. The van der Waals surface area contributed by atoms with Crippen LogP contribution in [0.5, 0.6) is 0 Å². The number of hydrogen-bond donors (Lipinski definition) is 2. The van der Waals surface area contributed by atoms with E-state index in [9.17, 15) is 9.90 Å². The van der Waals surface area contributed by atoms with Crippen LogP contribution in [0.3, 0.4) is 0 Å². The molecule has 4 nitrogen and oxygen atoms in total. The zero-order valence-corrected chi connectivity index (χ0v) is 13.3. The summed E-state index contributed by atoms with van der Waals surface area (Å²) in [6.45, 7) is 1.12. The standard InChI is InChI=1S/C15H12BrNO3S/c16-11-5-6-21-13(11)8-17-7-10-9-3-1-2-4-12(9)20-14(10)15(18)19/h1-6,17H,7-8H2,(H,18,19). The minimum Gasteiger partial charge on any atom is -0.475 e. The van der Waals surface area contributed by atoms with Crippen LogP contribution < -0.4 is 5.32 Å². The third kappa shape index (κ3) is 2.88. The van der Waals surface area contributed by atoms with E-state index in [1.54, 1.807) is 17.4 Å². The van der Waals surface area contributed by atoms with Gasteiger partial charge in [-0.3, -0.25) is 0 Å². The van der Waals surface area contributed by atoms with E-state index in [2.05, 4.69) is 21.2 Å². The Bertz CT molecular complexity index is 793. The van der Waals surface area contributed by atoms with Crippen LogP contribution in [0.4, 0.5) is 0 Å². The number of rotatable bonds is 5. The Morgan fingerprint density at radius 2 is 2.10 bits per heavy atom. The lowest BCUT2D eigenvalue weighted by molar-refractivity contribution is 0.0663. The van der Waals surface area contributed by atoms with Crippen LogP contribution in [0.1, 0.15) is 21.0 Å². The van der Waals surface area contributed by atoms with Crippen molar-refractivity contribution in [2.24, 2.45) is 0 Å². The van der Waals surface area contributed by atoms with Gasteiger partial charge in [0.1, 0.15) is 5.58 Å². The molecule has 0 aliphatic rings. The zero-order chi connectivity index (χ0) is 14.8. The molecule has 0 unspecified atom stereocenters. The SMILES string of the molecule is O=C(O)c1oc2ccccc2c1CNCc1sccc1Br. The van der Waals surface area contributed by atoms with Crippen molar-refractivity contribution in [3.05, 3.63) is 56.4 Å². The molecule has 0 fully saturated rings. The Morgan fingerprint density at radius 1 is 1.29 bits per heavy atom. The first kappa shape index (κ1) is 14.3. The lowest BCUT2D eigenvalue weighted by atomic mass is 10.1. The molecule has 2 N–H and O–H groups in total. The molecule has 6 heteroatoms. The Morgan fingerprint density at radius 3 is 2.81 bits per heavy atom. The Balaban J connectivity index is 1.84. The van der Waals surface area contributed by atoms with Crippen molar-refractivity contribution < 1.29 is 14.3 Å². The Labute approximate surface area is 133 Å². The maximum atomic E-state index is 11.3. The predicted molar refractivity (Wildman–Crippen MR) is 85.7 cm³/mol. The van der Waals surface area contributed by atoms with E-state index in [1.165, 1.54) is 4.88 Å². The molecule has 3 aromatic rings. The number of carboxylic acids is 1. The second-order valence-electron chi connectivity index (χ2n) is 4.51. The summed E-state index contributed by atoms with van der Waals surface area (Å²) in [6.07, 6.45) is 0. The molecule has 2 aromatic heterocycles. The summed E-state index contributed by atoms with van der Waals surface area (Å²) in [5.74, 6) is -1.03. The number of aromatic carboxylic acids is 1. The van der Waals surface area contributed by atoms with Gasteiger partial charge < -0.3 is 14.8 Å². The number of halogens is 1. The number of carbonyl (C=O) groups is 1. The van der Waals surface area contributed by atoms with Crippen LogP contribution in [0.15, 0.2) is 44.6 Å². The van der Waals surface area contributed by atoms with Crippen LogP contribution in [-0.4, -0.2) is 11.1 Å². The van der Waals surface area contributed by atoms with Crippen molar-refractivity contribution in [3.63, 3.8) is 0 Å². The number of furan rings is 1. The second-order valence-corrected chi connectivity index (χ2v) is 6.36. The molecular formula is C15H12BrNO3S. The van der Waals surface area contributed by atoms with E-state index >= 15 is 0 Å². The molecule has 0 aliphatic carbocycles. The van der Waals surface area contributed by atoms with Gasteiger partial charge in [-0.1, -0.05) is 18.2 Å². The fraction of sp³-hybridized carbons (Fsp3) is 0.133. The minimum absolute atomic E-state index is 0.00828. The Kier molecular flexibility index (Phi) is 4.10. The highest BCUT2D eigenvalue weighted by molar-refractivity contribution is 9.10. The number of fused-ring (bicyclic) bond motifs is 1. The maximum absolute atomic E-state index is 11.3. The highest BCUT2D eigenvalue weighted by atomic mass is 79.9. The van der Waals surface area contributed by atoms with Crippen LogP contribution in [0.2, 0.25) is 0 Å². The normalized spacial score (nSPS) is 11.1. The van der Waals surface area contributed by atoms with E-state index in [-0.39, 0.29) is 5.76 Å². The van der Waals surface area contributed by atoms with Gasteiger partial charge in [-0.15, -0.1) is 11.3 Å². The van der Waals surface area contributed by atoms with Gasteiger partial charge in [0.2, 0.25) is 5.76 Å². The van der Waals surface area contributed by atoms with E-state index in [0.717, 1.165) is 9.86 Å². The number of thiophene rings is 1. The van der Waals surface area contributed by atoms with Gasteiger partial charge in [0.25, 0.3) is 0 Å². The fourth-order valence-electron chi connectivity index (χ4n) is 2.20. The summed E-state index contributed by atoms with van der Waals surface area (Å²) in [5, 5.41) is 15.4. The van der Waals surface area contributed by atoms with E-state index in [0.29, 0.717) is 24.2 Å². The lowest BCUT2D eigenvalue weighted by Gasteiger charge is -2.03. The van der Waals surface area contributed by atoms with Crippen molar-refractivity contribution in [2.45, 2.75) is 13.1 Å². The molecule has 0 aliphatic heterocycles. The molecule has 0 spiro atoms. The van der Waals surface area contributed by atoms with Crippen molar-refractivity contribution in [3.8, 4) is 0 Å². The van der Waals surface area contributed by atoms with Crippen LogP contribution in [-0.2, 0) is 13.1 Å². The van der Waals surface area contributed by atoms with E-state index < -0.39 is 5.97 Å². The van der Waals surface area contributed by atoms with Crippen molar-refractivity contribution in [2.75, 3.05) is 0 Å².